The van der Waals surface area contributed by atoms with Gasteiger partial charge in [0.25, 0.3) is 0 Å². The van der Waals surface area contributed by atoms with Crippen LogP contribution in [-0.4, -0.2) is 26.4 Å². The van der Waals surface area contributed by atoms with Crippen LogP contribution < -0.4 is 5.32 Å². The fourth-order valence-corrected chi connectivity index (χ4v) is 4.54. The SMILES string of the molecule is CCC1Cc2c(NC3C=CC(O)=CC3)nc(C3=CC=CCC3)nc2S1. The molecule has 0 saturated heterocycles. The van der Waals surface area contributed by atoms with Crippen molar-refractivity contribution in [3.63, 3.8) is 0 Å². The third-order valence-corrected chi connectivity index (χ3v) is 6.23. The number of fused-ring (bicyclic) bond motifs is 1. The Morgan fingerprint density at radius 3 is 3.00 bits per heavy atom. The van der Waals surface area contributed by atoms with Crippen molar-refractivity contribution in [3.8, 4) is 0 Å². The summed E-state index contributed by atoms with van der Waals surface area (Å²) in [6.45, 7) is 2.23. The van der Waals surface area contributed by atoms with Crippen LogP contribution in [-0.2, 0) is 6.42 Å². The summed E-state index contributed by atoms with van der Waals surface area (Å²) in [5, 5.41) is 14.8. The summed E-state index contributed by atoms with van der Waals surface area (Å²) in [5.41, 5.74) is 2.46. The van der Waals surface area contributed by atoms with Gasteiger partial charge in [-0.25, -0.2) is 9.97 Å². The molecule has 1 aromatic rings. The number of hydrogen-bond donors (Lipinski definition) is 2. The van der Waals surface area contributed by atoms with E-state index in [4.69, 9.17) is 9.97 Å². The van der Waals surface area contributed by atoms with Crippen molar-refractivity contribution in [1.82, 2.24) is 9.97 Å². The molecule has 4 nitrogen and oxygen atoms in total. The van der Waals surface area contributed by atoms with Crippen LogP contribution in [0.3, 0.4) is 0 Å². The summed E-state index contributed by atoms with van der Waals surface area (Å²) in [4.78, 5) is 9.78. The maximum absolute atomic E-state index is 9.53. The van der Waals surface area contributed by atoms with E-state index in [9.17, 15) is 5.11 Å². The first kappa shape index (κ1) is 16.5. The smallest absolute Gasteiger partial charge is 0.158 e. The molecule has 3 aliphatic rings. The summed E-state index contributed by atoms with van der Waals surface area (Å²) in [5.74, 6) is 2.16. The molecule has 5 heteroatoms. The standard InChI is InChI=1S/C20H23N3OS/c1-2-16-12-17-19(21-14-8-10-15(24)11-9-14)22-18(23-20(17)25-16)13-6-4-3-5-7-13/h3-4,6,8,10-11,14,16,24H,2,5,7,9,12H2,1H3,(H,21,22,23). The molecular weight excluding hydrogens is 330 g/mol. The predicted molar refractivity (Wildman–Crippen MR) is 104 cm³/mol. The minimum absolute atomic E-state index is 0.161. The van der Waals surface area contributed by atoms with Gasteiger partial charge in [0.2, 0.25) is 0 Å². The van der Waals surface area contributed by atoms with Crippen LogP contribution in [0.15, 0.2) is 47.2 Å². The second-order valence-corrected chi connectivity index (χ2v) is 7.95. The van der Waals surface area contributed by atoms with E-state index in [1.54, 1.807) is 6.08 Å². The lowest BCUT2D eigenvalue weighted by Gasteiger charge is -2.20. The highest BCUT2D eigenvalue weighted by atomic mass is 32.2. The van der Waals surface area contributed by atoms with Crippen molar-refractivity contribution >= 4 is 23.2 Å². The van der Waals surface area contributed by atoms with E-state index in [0.717, 1.165) is 48.8 Å². The molecule has 2 aliphatic carbocycles. The molecule has 2 atom stereocenters. The van der Waals surface area contributed by atoms with Crippen LogP contribution in [0.25, 0.3) is 5.57 Å². The van der Waals surface area contributed by atoms with Crippen molar-refractivity contribution in [2.24, 2.45) is 0 Å². The van der Waals surface area contributed by atoms with Gasteiger partial charge in [0.15, 0.2) is 5.82 Å². The third-order valence-electron chi connectivity index (χ3n) is 4.84. The summed E-state index contributed by atoms with van der Waals surface area (Å²) < 4.78 is 0. The van der Waals surface area contributed by atoms with Crippen LogP contribution in [0, 0.1) is 0 Å². The molecule has 0 amide bonds. The molecule has 130 valence electrons. The Morgan fingerprint density at radius 1 is 1.36 bits per heavy atom. The first-order valence-corrected chi connectivity index (χ1v) is 9.88. The fourth-order valence-electron chi connectivity index (χ4n) is 3.34. The summed E-state index contributed by atoms with van der Waals surface area (Å²) in [6.07, 6.45) is 17.0. The van der Waals surface area contributed by atoms with E-state index in [2.05, 4.69) is 30.5 Å². The number of allylic oxidation sites excluding steroid dienone is 5. The summed E-state index contributed by atoms with van der Waals surface area (Å²) in [7, 11) is 0. The van der Waals surface area contributed by atoms with Gasteiger partial charge in [-0.15, -0.1) is 11.8 Å². The monoisotopic (exact) mass is 353 g/mol. The number of hydrogen-bond acceptors (Lipinski definition) is 5. The number of aliphatic hydroxyl groups is 1. The van der Waals surface area contributed by atoms with Crippen molar-refractivity contribution in [1.29, 1.82) is 0 Å². The van der Waals surface area contributed by atoms with E-state index in [1.807, 2.05) is 23.9 Å². The van der Waals surface area contributed by atoms with Crippen LogP contribution >= 0.6 is 11.8 Å². The molecule has 2 unspecified atom stereocenters. The lowest BCUT2D eigenvalue weighted by molar-refractivity contribution is 0.425. The largest absolute Gasteiger partial charge is 0.508 e. The topological polar surface area (TPSA) is 58.0 Å². The lowest BCUT2D eigenvalue weighted by Crippen LogP contribution is -2.20. The minimum Gasteiger partial charge on any atom is -0.508 e. The number of rotatable bonds is 4. The predicted octanol–water partition coefficient (Wildman–Crippen LogP) is 4.82. The molecule has 2 heterocycles. The first-order chi connectivity index (χ1) is 12.2. The number of thioether (sulfide) groups is 1. The number of aliphatic hydroxyl groups excluding tert-OH is 1. The zero-order valence-electron chi connectivity index (χ0n) is 14.4. The van der Waals surface area contributed by atoms with Gasteiger partial charge in [0, 0.05) is 16.9 Å². The van der Waals surface area contributed by atoms with Gasteiger partial charge in [-0.05, 0) is 49.8 Å². The maximum atomic E-state index is 9.53. The van der Waals surface area contributed by atoms with E-state index >= 15 is 0 Å². The van der Waals surface area contributed by atoms with Crippen LogP contribution in [0.5, 0.6) is 0 Å². The molecule has 0 aromatic carbocycles. The minimum atomic E-state index is 0.161. The number of anilines is 1. The second-order valence-electron chi connectivity index (χ2n) is 6.67. The molecule has 2 N–H and O–H groups in total. The van der Waals surface area contributed by atoms with E-state index in [1.165, 1.54) is 11.1 Å². The van der Waals surface area contributed by atoms with E-state index in [-0.39, 0.29) is 6.04 Å². The van der Waals surface area contributed by atoms with Gasteiger partial charge in [-0.2, -0.15) is 0 Å². The number of nitrogens with one attached hydrogen (secondary N) is 1. The van der Waals surface area contributed by atoms with Gasteiger partial charge >= 0.3 is 0 Å². The Bertz CT molecular complexity index is 794. The normalized spacial score (nSPS) is 24.7. The van der Waals surface area contributed by atoms with Crippen molar-refractivity contribution in [2.75, 3.05) is 5.32 Å². The van der Waals surface area contributed by atoms with Crippen LogP contribution in [0.2, 0.25) is 0 Å². The average molecular weight is 353 g/mol. The highest BCUT2D eigenvalue weighted by Gasteiger charge is 2.28. The van der Waals surface area contributed by atoms with Gasteiger partial charge in [0.05, 0.1) is 0 Å². The first-order valence-electron chi connectivity index (χ1n) is 9.00. The van der Waals surface area contributed by atoms with Gasteiger partial charge in [-0.1, -0.05) is 31.2 Å². The van der Waals surface area contributed by atoms with Crippen molar-refractivity contribution < 1.29 is 5.11 Å². The second kappa shape index (κ2) is 7.08. The average Bonchev–Trinajstić information content (AvgIpc) is 3.08. The molecule has 0 saturated carbocycles. The molecule has 0 spiro atoms. The molecule has 1 aliphatic heterocycles. The highest BCUT2D eigenvalue weighted by molar-refractivity contribution is 8.00. The maximum Gasteiger partial charge on any atom is 0.158 e. The lowest BCUT2D eigenvalue weighted by atomic mass is 10.0. The molecule has 4 rings (SSSR count). The fraction of sp³-hybridized carbons (Fsp3) is 0.400. The zero-order valence-corrected chi connectivity index (χ0v) is 15.2. The molecule has 1 aromatic heterocycles. The Kier molecular flexibility index (Phi) is 4.66. The molecule has 0 bridgehead atoms. The summed E-state index contributed by atoms with van der Waals surface area (Å²) in [6, 6.07) is 0.161. The molecule has 25 heavy (non-hydrogen) atoms. The Labute approximate surface area is 152 Å². The molecular formula is C20H23N3OS. The number of nitrogens with zero attached hydrogens (tertiary/aromatic N) is 2. The molecule has 0 radical (unpaired) electrons. The quantitative estimate of drug-likeness (QED) is 0.760. The van der Waals surface area contributed by atoms with Gasteiger partial charge in [0.1, 0.15) is 16.6 Å². The Morgan fingerprint density at radius 2 is 2.28 bits per heavy atom. The van der Waals surface area contributed by atoms with Crippen LogP contribution in [0.4, 0.5) is 5.82 Å². The Balaban J connectivity index is 1.67. The molecule has 0 fully saturated rings. The Hall–Kier alpha value is -2.01. The highest BCUT2D eigenvalue weighted by Crippen LogP contribution is 2.41. The zero-order chi connectivity index (χ0) is 17.2. The van der Waals surface area contributed by atoms with E-state index < -0.39 is 0 Å². The van der Waals surface area contributed by atoms with E-state index in [0.29, 0.717) is 11.0 Å². The van der Waals surface area contributed by atoms with Crippen LogP contribution in [0.1, 0.15) is 44.0 Å². The van der Waals surface area contributed by atoms with Crippen molar-refractivity contribution in [3.05, 3.63) is 53.6 Å². The van der Waals surface area contributed by atoms with Gasteiger partial charge < -0.3 is 10.4 Å². The third kappa shape index (κ3) is 3.52. The number of aromatic nitrogens is 2. The van der Waals surface area contributed by atoms with Gasteiger partial charge in [-0.3, -0.25) is 0 Å². The van der Waals surface area contributed by atoms with Crippen molar-refractivity contribution in [2.45, 2.75) is 55.3 Å². The summed E-state index contributed by atoms with van der Waals surface area (Å²) >= 11 is 1.88.